The molecule has 0 unspecified atom stereocenters. The summed E-state index contributed by atoms with van der Waals surface area (Å²) in [6, 6.07) is 4.61. The van der Waals surface area contributed by atoms with E-state index in [9.17, 15) is 9.50 Å². The quantitative estimate of drug-likeness (QED) is 0.638. The maximum Gasteiger partial charge on any atom is 0.296 e. The third kappa shape index (κ3) is 3.48. The number of nitrogens with zero attached hydrogens (tertiary/aromatic N) is 3. The minimum absolute atomic E-state index is 0.105. The number of ether oxygens (including phenoxy) is 4. The van der Waals surface area contributed by atoms with Gasteiger partial charge in [0.05, 0.1) is 18.7 Å². The van der Waals surface area contributed by atoms with Crippen molar-refractivity contribution in [1.82, 2.24) is 19.9 Å². The Bertz CT molecular complexity index is 1050. The van der Waals surface area contributed by atoms with E-state index in [4.69, 9.17) is 30.5 Å². The molecule has 0 radical (unpaired) electrons. The van der Waals surface area contributed by atoms with E-state index in [0.717, 1.165) is 0 Å². The number of halogens is 2. The molecule has 3 aromatic rings. The first kappa shape index (κ1) is 18.5. The highest BCUT2D eigenvalue weighted by Crippen LogP contribution is 2.31. The number of aromatic nitrogens is 4. The second kappa shape index (κ2) is 7.38. The summed E-state index contributed by atoms with van der Waals surface area (Å²) in [5.41, 5.74) is 1.01. The summed E-state index contributed by atoms with van der Waals surface area (Å²) in [5, 5.41) is 10.0. The lowest BCUT2D eigenvalue weighted by molar-refractivity contribution is 0.00706. The lowest BCUT2D eigenvalue weighted by atomic mass is 10.1. The molecular weight excluding hydrogens is 407 g/mol. The number of hydrogen-bond donors (Lipinski definition) is 2. The first-order valence-corrected chi connectivity index (χ1v) is 9.32. The van der Waals surface area contributed by atoms with Crippen molar-refractivity contribution < 1.29 is 28.4 Å². The molecule has 2 N–H and O–H groups in total. The summed E-state index contributed by atoms with van der Waals surface area (Å²) >= 11 is 6.22. The van der Waals surface area contributed by atoms with Gasteiger partial charge in [0.15, 0.2) is 11.8 Å². The Balaban J connectivity index is 1.32. The smallest absolute Gasteiger partial charge is 0.296 e. The molecule has 0 bridgehead atoms. The van der Waals surface area contributed by atoms with Crippen LogP contribution in [0, 0.1) is 5.82 Å². The topological polar surface area (TPSA) is 112 Å². The van der Waals surface area contributed by atoms with Gasteiger partial charge in [-0.1, -0.05) is 11.6 Å². The molecule has 0 spiro atoms. The molecule has 9 nitrogen and oxygen atoms in total. The monoisotopic (exact) mass is 422 g/mol. The largest absolute Gasteiger partial charge is 0.470 e. The lowest BCUT2D eigenvalue weighted by Crippen LogP contribution is -2.34. The zero-order valence-electron chi connectivity index (χ0n) is 14.9. The van der Waals surface area contributed by atoms with E-state index in [1.807, 2.05) is 0 Å². The molecule has 152 valence electrons. The van der Waals surface area contributed by atoms with Crippen LogP contribution in [0.1, 0.15) is 5.69 Å². The molecule has 5 rings (SSSR count). The fraction of sp³-hybridized carbons (Fsp3) is 0.389. The molecule has 2 fully saturated rings. The average molecular weight is 423 g/mol. The van der Waals surface area contributed by atoms with Crippen molar-refractivity contribution in [3.8, 4) is 11.9 Å². The highest BCUT2D eigenvalue weighted by atomic mass is 35.5. The van der Waals surface area contributed by atoms with E-state index >= 15 is 0 Å². The van der Waals surface area contributed by atoms with Crippen LogP contribution in [0.3, 0.4) is 0 Å². The number of imidazole rings is 1. The van der Waals surface area contributed by atoms with Crippen LogP contribution in [0.4, 0.5) is 4.39 Å². The molecule has 29 heavy (non-hydrogen) atoms. The highest BCUT2D eigenvalue weighted by molar-refractivity contribution is 6.32. The van der Waals surface area contributed by atoms with Gasteiger partial charge in [0.2, 0.25) is 5.88 Å². The van der Waals surface area contributed by atoms with E-state index in [0.29, 0.717) is 11.2 Å². The van der Waals surface area contributed by atoms with Gasteiger partial charge in [-0.15, -0.1) is 0 Å². The van der Waals surface area contributed by atoms with Crippen molar-refractivity contribution in [2.24, 2.45) is 0 Å². The van der Waals surface area contributed by atoms with Gasteiger partial charge in [-0.2, -0.15) is 9.97 Å². The fourth-order valence-electron chi connectivity index (χ4n) is 3.39. The summed E-state index contributed by atoms with van der Waals surface area (Å²) in [4.78, 5) is 15.5. The SMILES string of the molecule is O[C@@H]1CO[C@H]2[C@@H]1OC[C@H]2Oc1nc2nc(OCc3ncccc3F)c(Cl)cc2[nH]1. The van der Waals surface area contributed by atoms with Gasteiger partial charge in [0, 0.05) is 6.20 Å². The van der Waals surface area contributed by atoms with E-state index < -0.39 is 24.1 Å². The minimum atomic E-state index is -0.659. The van der Waals surface area contributed by atoms with Crippen LogP contribution >= 0.6 is 11.6 Å². The average Bonchev–Trinajstić information content (AvgIpc) is 3.38. The maximum absolute atomic E-state index is 13.7. The fourth-order valence-corrected chi connectivity index (χ4v) is 3.59. The van der Waals surface area contributed by atoms with Crippen LogP contribution in [0.25, 0.3) is 11.2 Å². The molecule has 2 aliphatic heterocycles. The highest BCUT2D eigenvalue weighted by Gasteiger charge is 2.48. The van der Waals surface area contributed by atoms with Gasteiger partial charge in [-0.25, -0.2) is 4.39 Å². The van der Waals surface area contributed by atoms with Gasteiger partial charge < -0.3 is 29.0 Å². The summed E-state index contributed by atoms with van der Waals surface area (Å²) in [5.74, 6) is -0.370. The number of aromatic amines is 1. The van der Waals surface area contributed by atoms with Gasteiger partial charge in [-0.05, 0) is 18.2 Å². The Morgan fingerprint density at radius 2 is 2.14 bits per heavy atom. The Morgan fingerprint density at radius 3 is 3.00 bits per heavy atom. The number of nitrogens with one attached hydrogen (secondary N) is 1. The van der Waals surface area contributed by atoms with Crippen LogP contribution in [-0.4, -0.2) is 62.7 Å². The van der Waals surface area contributed by atoms with Crippen LogP contribution in [0.5, 0.6) is 11.9 Å². The first-order valence-electron chi connectivity index (χ1n) is 8.95. The Labute approximate surface area is 168 Å². The minimum Gasteiger partial charge on any atom is -0.470 e. The number of aliphatic hydroxyl groups excluding tert-OH is 1. The number of rotatable bonds is 5. The van der Waals surface area contributed by atoms with Crippen molar-refractivity contribution >= 4 is 22.8 Å². The van der Waals surface area contributed by atoms with Crippen LogP contribution in [0.2, 0.25) is 5.02 Å². The standard InChI is InChI=1S/C18H16ClFN4O5/c19-8-4-10-16(23-17(8)28-5-11-9(20)2-1-3-21-11)24-18(22-10)29-13-7-27-14-12(25)6-26-15(13)14/h1-4,12-15,25H,5-7H2,(H,22,23,24)/t12-,13-,14-,15-/m1/s1. The predicted molar refractivity (Wildman–Crippen MR) is 97.3 cm³/mol. The number of aliphatic hydroxyl groups is 1. The summed E-state index contributed by atoms with van der Waals surface area (Å²) in [6.45, 7) is 0.368. The molecule has 2 aliphatic rings. The van der Waals surface area contributed by atoms with E-state index in [1.165, 1.54) is 18.3 Å². The van der Waals surface area contributed by atoms with Gasteiger partial charge in [0.25, 0.3) is 6.01 Å². The molecule has 0 saturated carbocycles. The molecule has 0 aromatic carbocycles. The number of H-pyrrole nitrogens is 1. The number of hydrogen-bond acceptors (Lipinski definition) is 8. The van der Waals surface area contributed by atoms with Gasteiger partial charge >= 0.3 is 0 Å². The van der Waals surface area contributed by atoms with Crippen molar-refractivity contribution in [3.63, 3.8) is 0 Å². The first-order chi connectivity index (χ1) is 14.1. The maximum atomic E-state index is 13.7. The van der Waals surface area contributed by atoms with Crippen molar-refractivity contribution in [2.75, 3.05) is 13.2 Å². The Hall–Kier alpha value is -2.53. The summed E-state index contributed by atoms with van der Waals surface area (Å²) in [7, 11) is 0. The van der Waals surface area contributed by atoms with E-state index in [2.05, 4.69) is 19.9 Å². The van der Waals surface area contributed by atoms with E-state index in [-0.39, 0.29) is 48.5 Å². The molecule has 0 amide bonds. The second-order valence-corrected chi connectivity index (χ2v) is 7.14. The molecule has 11 heteroatoms. The third-order valence-corrected chi connectivity index (χ3v) is 5.07. The zero-order valence-corrected chi connectivity index (χ0v) is 15.7. The molecule has 2 saturated heterocycles. The van der Waals surface area contributed by atoms with Crippen molar-refractivity contribution in [1.29, 1.82) is 0 Å². The molecule has 3 aromatic heterocycles. The summed E-state index contributed by atoms with van der Waals surface area (Å²) in [6.07, 6.45) is -0.350. The van der Waals surface area contributed by atoms with Crippen molar-refractivity contribution in [2.45, 2.75) is 31.0 Å². The Kier molecular flexibility index (Phi) is 4.70. The Morgan fingerprint density at radius 1 is 1.28 bits per heavy atom. The third-order valence-electron chi connectivity index (χ3n) is 4.80. The van der Waals surface area contributed by atoms with Gasteiger partial charge in [-0.3, -0.25) is 4.98 Å². The summed E-state index contributed by atoms with van der Waals surface area (Å²) < 4.78 is 36.1. The van der Waals surface area contributed by atoms with E-state index in [1.54, 1.807) is 6.07 Å². The zero-order chi connectivity index (χ0) is 20.0. The van der Waals surface area contributed by atoms with Crippen molar-refractivity contribution in [3.05, 3.63) is 40.9 Å². The number of fused-ring (bicyclic) bond motifs is 2. The van der Waals surface area contributed by atoms with Crippen LogP contribution in [-0.2, 0) is 16.1 Å². The predicted octanol–water partition coefficient (Wildman–Crippen LogP) is 1.63. The molecule has 4 atom stereocenters. The van der Waals surface area contributed by atoms with Crippen LogP contribution in [0.15, 0.2) is 24.4 Å². The molecular formula is C18H16ClFN4O5. The normalized spacial score (nSPS) is 26.0. The van der Waals surface area contributed by atoms with Crippen LogP contribution < -0.4 is 9.47 Å². The lowest BCUT2D eigenvalue weighted by Gasteiger charge is -2.15. The van der Waals surface area contributed by atoms with Gasteiger partial charge in [0.1, 0.15) is 41.5 Å². The molecule has 0 aliphatic carbocycles. The second-order valence-electron chi connectivity index (χ2n) is 6.73. The number of pyridine rings is 2. The molecule has 5 heterocycles.